The number of aromatic nitrogens is 2. The first-order valence-electron chi connectivity index (χ1n) is 10.2. The fourth-order valence-corrected chi connectivity index (χ4v) is 4.40. The van der Waals surface area contributed by atoms with Crippen molar-refractivity contribution >= 4 is 22.9 Å². The lowest BCUT2D eigenvalue weighted by Crippen LogP contribution is -2.28. The van der Waals surface area contributed by atoms with Crippen molar-refractivity contribution in [3.63, 3.8) is 0 Å². The molecule has 0 aliphatic carbocycles. The SMILES string of the molecule is COc1ccc(-c2ccccc2[S+]([O-])c2ccc(NC(=O)NCc3ccncc3)cc2)cn1. The average molecular weight is 459 g/mol. The van der Waals surface area contributed by atoms with Crippen molar-refractivity contribution in [3.05, 3.63) is 97.0 Å². The van der Waals surface area contributed by atoms with E-state index in [9.17, 15) is 9.35 Å². The molecule has 2 aromatic heterocycles. The number of rotatable bonds is 7. The van der Waals surface area contributed by atoms with Gasteiger partial charge in [-0.2, -0.15) is 0 Å². The molecule has 0 saturated carbocycles. The van der Waals surface area contributed by atoms with Gasteiger partial charge in [-0.25, -0.2) is 9.78 Å². The van der Waals surface area contributed by atoms with Gasteiger partial charge in [-0.05, 0) is 60.2 Å². The Morgan fingerprint density at radius 2 is 1.76 bits per heavy atom. The van der Waals surface area contributed by atoms with Crippen LogP contribution in [0.2, 0.25) is 0 Å². The van der Waals surface area contributed by atoms with Crippen molar-refractivity contribution in [1.29, 1.82) is 0 Å². The van der Waals surface area contributed by atoms with E-state index in [-0.39, 0.29) is 6.03 Å². The van der Waals surface area contributed by atoms with Gasteiger partial charge in [-0.3, -0.25) is 4.98 Å². The molecule has 2 heterocycles. The van der Waals surface area contributed by atoms with Gasteiger partial charge in [-0.15, -0.1) is 0 Å². The van der Waals surface area contributed by atoms with Crippen molar-refractivity contribution in [1.82, 2.24) is 15.3 Å². The number of anilines is 1. The zero-order chi connectivity index (χ0) is 23.0. The van der Waals surface area contributed by atoms with Gasteiger partial charge in [0.1, 0.15) is 0 Å². The van der Waals surface area contributed by atoms with Crippen molar-refractivity contribution in [2.75, 3.05) is 12.4 Å². The van der Waals surface area contributed by atoms with E-state index in [1.165, 1.54) is 0 Å². The van der Waals surface area contributed by atoms with Gasteiger partial charge < -0.3 is 19.9 Å². The van der Waals surface area contributed by atoms with E-state index in [1.807, 2.05) is 42.5 Å². The minimum Gasteiger partial charge on any atom is -0.606 e. The zero-order valence-corrected chi connectivity index (χ0v) is 18.7. The van der Waals surface area contributed by atoms with Crippen LogP contribution in [0.4, 0.5) is 10.5 Å². The number of carbonyl (C=O) groups excluding carboxylic acids is 1. The number of nitrogens with one attached hydrogen (secondary N) is 2. The smallest absolute Gasteiger partial charge is 0.319 e. The van der Waals surface area contributed by atoms with E-state index in [0.29, 0.717) is 27.9 Å². The maximum absolute atomic E-state index is 13.3. The highest BCUT2D eigenvalue weighted by Crippen LogP contribution is 2.32. The van der Waals surface area contributed by atoms with Crippen molar-refractivity contribution in [3.8, 4) is 17.0 Å². The molecule has 1 unspecified atom stereocenters. The fourth-order valence-electron chi connectivity index (χ4n) is 3.17. The molecule has 33 heavy (non-hydrogen) atoms. The van der Waals surface area contributed by atoms with Crippen LogP contribution < -0.4 is 15.4 Å². The molecular weight excluding hydrogens is 436 g/mol. The average Bonchev–Trinajstić information content (AvgIpc) is 2.88. The van der Waals surface area contributed by atoms with Gasteiger partial charge in [0.05, 0.1) is 7.11 Å². The van der Waals surface area contributed by atoms with Crippen molar-refractivity contribution in [2.24, 2.45) is 0 Å². The van der Waals surface area contributed by atoms with Crippen LogP contribution in [0.15, 0.2) is 101 Å². The number of ether oxygens (including phenoxy) is 1. The molecule has 7 nitrogen and oxygen atoms in total. The fraction of sp³-hybridized carbons (Fsp3) is 0.0800. The van der Waals surface area contributed by atoms with Crippen LogP contribution in [0.3, 0.4) is 0 Å². The summed E-state index contributed by atoms with van der Waals surface area (Å²) in [7, 11) is 1.56. The Labute approximate surface area is 195 Å². The number of pyridine rings is 2. The Bertz CT molecular complexity index is 1200. The monoisotopic (exact) mass is 458 g/mol. The van der Waals surface area contributed by atoms with Crippen LogP contribution in [-0.4, -0.2) is 27.7 Å². The Kier molecular flexibility index (Phi) is 7.19. The Hall–Kier alpha value is -3.88. The summed E-state index contributed by atoms with van der Waals surface area (Å²) in [5.41, 5.74) is 3.25. The standard InChI is InChI=1S/C25H22N4O3S/c1-32-24-11-6-19(17-27-24)22-4-2-3-5-23(22)33(31)21-9-7-20(8-10-21)29-25(30)28-16-18-12-14-26-15-13-18/h2-15,17H,16H2,1H3,(H2,28,29,30). The number of hydrogen-bond acceptors (Lipinski definition) is 5. The predicted molar refractivity (Wildman–Crippen MR) is 127 cm³/mol. The molecule has 0 fully saturated rings. The molecule has 2 N–H and O–H groups in total. The Morgan fingerprint density at radius 3 is 2.45 bits per heavy atom. The summed E-state index contributed by atoms with van der Waals surface area (Å²) in [6, 6.07) is 21.5. The minimum absolute atomic E-state index is 0.321. The topological polar surface area (TPSA) is 99.2 Å². The van der Waals surface area contributed by atoms with Gasteiger partial charge >= 0.3 is 6.03 Å². The second-order valence-electron chi connectivity index (χ2n) is 7.04. The molecule has 4 aromatic rings. The molecule has 1 atom stereocenters. The van der Waals surface area contributed by atoms with E-state index in [2.05, 4.69) is 20.6 Å². The molecule has 2 aromatic carbocycles. The molecule has 0 saturated heterocycles. The summed E-state index contributed by atoms with van der Waals surface area (Å²) in [5, 5.41) is 5.57. The number of hydrogen-bond donors (Lipinski definition) is 2. The molecule has 8 heteroatoms. The van der Waals surface area contributed by atoms with Crippen LogP contribution in [0.25, 0.3) is 11.1 Å². The first-order valence-corrected chi connectivity index (χ1v) is 11.3. The third-order valence-electron chi connectivity index (χ3n) is 4.87. The number of nitrogens with zero attached hydrogens (tertiary/aromatic N) is 2. The van der Waals surface area contributed by atoms with E-state index in [0.717, 1.165) is 16.7 Å². The van der Waals surface area contributed by atoms with E-state index in [1.54, 1.807) is 56.0 Å². The summed E-state index contributed by atoms with van der Waals surface area (Å²) >= 11 is -1.41. The molecule has 0 bridgehead atoms. The van der Waals surface area contributed by atoms with E-state index in [4.69, 9.17) is 4.74 Å². The van der Waals surface area contributed by atoms with Crippen LogP contribution in [-0.2, 0) is 17.7 Å². The zero-order valence-electron chi connectivity index (χ0n) is 17.9. The summed E-state index contributed by atoms with van der Waals surface area (Å²) in [5.74, 6) is 0.519. The quantitative estimate of drug-likeness (QED) is 0.393. The van der Waals surface area contributed by atoms with Crippen LogP contribution >= 0.6 is 0 Å². The van der Waals surface area contributed by atoms with E-state index >= 15 is 0 Å². The molecule has 0 radical (unpaired) electrons. The predicted octanol–water partition coefficient (Wildman–Crippen LogP) is 4.64. The lowest BCUT2D eigenvalue weighted by Gasteiger charge is -2.14. The van der Waals surface area contributed by atoms with E-state index < -0.39 is 11.2 Å². The number of amides is 2. The lowest BCUT2D eigenvalue weighted by molar-refractivity contribution is 0.251. The maximum Gasteiger partial charge on any atom is 0.319 e. The highest BCUT2D eigenvalue weighted by atomic mass is 32.2. The highest BCUT2D eigenvalue weighted by Gasteiger charge is 2.20. The first kappa shape index (κ1) is 22.3. The minimum atomic E-state index is -1.41. The summed E-state index contributed by atoms with van der Waals surface area (Å²) in [6.45, 7) is 0.396. The number of urea groups is 1. The van der Waals surface area contributed by atoms with Gasteiger partial charge in [0.25, 0.3) is 0 Å². The van der Waals surface area contributed by atoms with Crippen LogP contribution in [0.1, 0.15) is 5.56 Å². The first-order chi connectivity index (χ1) is 16.1. The number of methoxy groups -OCH3 is 1. The molecule has 2 amide bonds. The molecule has 0 aliphatic rings. The third-order valence-corrected chi connectivity index (χ3v) is 6.33. The highest BCUT2D eigenvalue weighted by molar-refractivity contribution is 7.91. The summed E-state index contributed by atoms with van der Waals surface area (Å²) < 4.78 is 18.4. The molecule has 0 spiro atoms. The normalized spacial score (nSPS) is 11.5. The van der Waals surface area contributed by atoms with Crippen LogP contribution in [0.5, 0.6) is 5.88 Å². The molecule has 0 aliphatic heterocycles. The lowest BCUT2D eigenvalue weighted by atomic mass is 10.1. The number of carbonyl (C=O) groups is 1. The van der Waals surface area contributed by atoms with Crippen molar-refractivity contribution < 1.29 is 14.1 Å². The summed E-state index contributed by atoms with van der Waals surface area (Å²) in [6.07, 6.45) is 5.06. The van der Waals surface area contributed by atoms with Gasteiger partial charge in [0.15, 0.2) is 9.79 Å². The van der Waals surface area contributed by atoms with Gasteiger partial charge in [0.2, 0.25) is 5.88 Å². The summed E-state index contributed by atoms with van der Waals surface area (Å²) in [4.78, 5) is 21.7. The maximum atomic E-state index is 13.3. The largest absolute Gasteiger partial charge is 0.606 e. The second-order valence-corrected chi connectivity index (χ2v) is 8.49. The molecular formula is C25H22N4O3S. The second kappa shape index (κ2) is 10.6. The molecule has 166 valence electrons. The molecule has 4 rings (SSSR count). The van der Waals surface area contributed by atoms with Crippen molar-refractivity contribution in [2.45, 2.75) is 16.3 Å². The third kappa shape index (κ3) is 5.68. The van der Waals surface area contributed by atoms with Gasteiger partial charge in [0, 0.05) is 59.2 Å². The number of benzene rings is 2. The van der Waals surface area contributed by atoms with Gasteiger partial charge in [-0.1, -0.05) is 12.1 Å². The van der Waals surface area contributed by atoms with Crippen LogP contribution in [0, 0.1) is 0 Å². The Morgan fingerprint density at radius 1 is 1.00 bits per heavy atom. The Balaban J connectivity index is 1.44.